The van der Waals surface area contributed by atoms with E-state index >= 15 is 14.4 Å². The van der Waals surface area contributed by atoms with Gasteiger partial charge in [0.15, 0.2) is 34.3 Å². The molecule has 10 unspecified atom stereocenters. The number of aromatic hydroxyl groups is 3. The molecule has 11 bridgehead atoms. The third-order valence-electron chi connectivity index (χ3n) is 18.3. The molecule has 0 aliphatic carbocycles. The standard InChI is InChI=1S/C68H75Cl2N11O23S2/c1-23(2)12-24(3)58(91)78-49-51(86)27-7-10-38(33(69)14-27)100-40-16-29-17-41(55(40)104-65-56(103-44-21-68(5,73)57(90)25(4)99-44)54(89)53(88)42(102-65)22-105-67-81-80-66(72)106-67)101-39-11-8-28(15-34(39)70)52(87)50-63(96)77-48(64(97)98)32-18-30(82)19-37(84)45(32)31-13-26(6-9-36(31)83)46(60(93)79-50)76-61(94)47(29)75-59(92)35(20-43(71)85)74-62(49)95/h6-11,13-19,23-25,35,42,44,46-54,56-57,65,82-84,86-90H,12,20-22,73H2,1-5H3,(H2,71,85)(H2,72,80)(H,74,95)(H,75,92)(H,76,94)(H,77,96)(H,78,91)(H,79,93)(H,97,98)/t24-,25?,35-,42?,44?,46?,47+,48+,49+,50-,51+,52+,53?,54?,56?,57?,65?,68?/m0/s1. The summed E-state index contributed by atoms with van der Waals surface area (Å²) in [5.41, 5.74) is 14.1. The van der Waals surface area contributed by atoms with Crippen molar-refractivity contribution in [3.63, 3.8) is 0 Å². The average molecular weight is 1550 g/mol. The lowest BCUT2D eigenvalue weighted by atomic mass is 9.86. The van der Waals surface area contributed by atoms with Crippen LogP contribution >= 0.6 is 46.3 Å². The Kier molecular flexibility index (Phi) is 23.1. The quantitative estimate of drug-likeness (QED) is 0.0696. The van der Waals surface area contributed by atoms with E-state index in [0.717, 1.165) is 89.8 Å². The number of rotatable bonds is 14. The molecule has 106 heavy (non-hydrogen) atoms. The van der Waals surface area contributed by atoms with E-state index in [1.54, 1.807) is 6.92 Å². The lowest BCUT2D eigenvalue weighted by molar-refractivity contribution is -0.329. The van der Waals surface area contributed by atoms with E-state index in [1.165, 1.54) is 26.0 Å². The van der Waals surface area contributed by atoms with Crippen LogP contribution in [0.15, 0.2) is 83.2 Å². The molecule has 0 radical (unpaired) electrons. The average Bonchev–Trinajstić information content (AvgIpc) is 0.798. The maximum atomic E-state index is 16.1. The summed E-state index contributed by atoms with van der Waals surface area (Å²) in [6.07, 6.45) is -17.9. The monoisotopic (exact) mass is 1550 g/mol. The minimum atomic E-state index is -2.34. The number of nitrogens with zero attached hydrogens (tertiary/aromatic N) is 2. The molecular formula is C68H75Cl2N11O23S2. The number of hydrogen-bond donors (Lipinski definition) is 18. The Morgan fingerprint density at radius 1 is 0.736 bits per heavy atom. The molecule has 0 saturated carbocycles. The maximum Gasteiger partial charge on any atom is 0.330 e. The van der Waals surface area contributed by atoms with Gasteiger partial charge in [0.25, 0.3) is 0 Å². The second-order valence-electron chi connectivity index (χ2n) is 26.8. The van der Waals surface area contributed by atoms with Gasteiger partial charge in [0.1, 0.15) is 83.4 Å². The number of phenols is 3. The predicted molar refractivity (Wildman–Crippen MR) is 374 cm³/mol. The SMILES string of the molecule is CC(C)C[C@H](C)C(=O)N[C@H]1C(=O)N[C@@H](CC(N)=O)C(=O)N[C@H]2C(=O)NC3C(=O)N[C@H](C(=O)N[C@@H](C(=O)O)c4cc(O)cc(O)c4-c4cc3ccc4O)[C@H](O)c3ccc(c(Cl)c3)Oc3cc2cc(c3OC2OC(CSc3nnc(N)s3)C(O)C(O)C2OC2CC(C)(N)C(O)C(C)O2)Oc2ccc(cc2Cl)[C@H]1O. The Labute approximate surface area is 620 Å². The summed E-state index contributed by atoms with van der Waals surface area (Å²) in [6.45, 7) is 8.28. The van der Waals surface area contributed by atoms with Gasteiger partial charge in [0.05, 0.1) is 34.8 Å². The maximum absolute atomic E-state index is 16.1. The number of aromatic nitrogens is 2. The Balaban J connectivity index is 1.16. The van der Waals surface area contributed by atoms with Crippen molar-refractivity contribution < 1.29 is 113 Å². The first-order valence-electron chi connectivity index (χ1n) is 32.9. The van der Waals surface area contributed by atoms with E-state index in [9.17, 15) is 69.9 Å². The first kappa shape index (κ1) is 77.7. The smallest absolute Gasteiger partial charge is 0.330 e. The van der Waals surface area contributed by atoms with E-state index in [1.807, 2.05) is 13.8 Å². The number of aliphatic hydroxyl groups excluding tert-OH is 5. The lowest BCUT2D eigenvalue weighted by Crippen LogP contribution is -2.64. The summed E-state index contributed by atoms with van der Waals surface area (Å²) in [5, 5.41) is 127. The number of amides is 7. The number of ether oxygens (including phenoxy) is 6. The van der Waals surface area contributed by atoms with Crippen molar-refractivity contribution >= 4 is 98.8 Å². The third kappa shape index (κ3) is 16.7. The molecule has 566 valence electrons. The highest BCUT2D eigenvalue weighted by Gasteiger charge is 2.52. The number of hydrogen-bond acceptors (Lipinski definition) is 28. The van der Waals surface area contributed by atoms with E-state index in [4.69, 9.17) is 68.8 Å². The topological polar surface area (TPSA) is 550 Å². The highest BCUT2D eigenvalue weighted by atomic mass is 35.5. The van der Waals surface area contributed by atoms with E-state index in [2.05, 4.69) is 42.1 Å². The highest BCUT2D eigenvalue weighted by Crippen LogP contribution is 2.50. The van der Waals surface area contributed by atoms with Crippen LogP contribution in [-0.2, 0) is 52.6 Å². The Morgan fingerprint density at radius 2 is 1.36 bits per heavy atom. The number of benzene rings is 5. The second-order valence-corrected chi connectivity index (χ2v) is 29.9. The molecule has 2 fully saturated rings. The summed E-state index contributed by atoms with van der Waals surface area (Å²) in [5.74, 6) is -16.6. The van der Waals surface area contributed by atoms with Crippen LogP contribution in [0.4, 0.5) is 5.13 Å². The largest absolute Gasteiger partial charge is 0.508 e. The van der Waals surface area contributed by atoms with E-state index in [0.29, 0.717) is 10.8 Å². The van der Waals surface area contributed by atoms with Crippen LogP contribution in [0.5, 0.6) is 46.0 Å². The molecule has 7 aliphatic heterocycles. The zero-order chi connectivity index (χ0) is 76.8. The van der Waals surface area contributed by atoms with Crippen molar-refractivity contribution in [1.29, 1.82) is 0 Å². The number of anilines is 1. The van der Waals surface area contributed by atoms with Crippen molar-refractivity contribution in [2.24, 2.45) is 23.3 Å². The van der Waals surface area contributed by atoms with Gasteiger partial charge in [-0.25, -0.2) is 4.79 Å². The van der Waals surface area contributed by atoms with Gasteiger partial charge in [0.2, 0.25) is 58.5 Å². The number of halogens is 2. The number of aliphatic hydroxyl groups is 5. The Hall–Kier alpha value is -9.41. The summed E-state index contributed by atoms with van der Waals surface area (Å²) < 4.78 is 39.7. The third-order valence-corrected chi connectivity index (χ3v) is 20.9. The summed E-state index contributed by atoms with van der Waals surface area (Å²) in [4.78, 5) is 117. The Morgan fingerprint density at radius 3 is 1.96 bits per heavy atom. The van der Waals surface area contributed by atoms with Gasteiger partial charge in [-0.1, -0.05) is 85.3 Å². The number of nitrogens with one attached hydrogen (secondary N) is 6. The van der Waals surface area contributed by atoms with Crippen molar-refractivity contribution in [2.45, 2.75) is 161 Å². The number of carboxylic acid groups (broad SMARTS) is 1. The second kappa shape index (κ2) is 31.6. The number of phenolic OH excluding ortho intramolecular Hbond substituents is 3. The fraction of sp³-hybridized carbons (Fsp3) is 0.412. The zero-order valence-electron chi connectivity index (χ0n) is 56.7. The van der Waals surface area contributed by atoms with Crippen LogP contribution in [0.1, 0.15) is 112 Å². The molecule has 0 spiro atoms. The number of carbonyl (C=O) groups is 8. The van der Waals surface area contributed by atoms with Gasteiger partial charge in [-0.15, -0.1) is 10.2 Å². The van der Waals surface area contributed by atoms with E-state index in [-0.39, 0.29) is 56.4 Å². The number of carbonyl (C=O) groups excluding carboxylic acids is 7. The first-order chi connectivity index (χ1) is 50.0. The number of aliphatic carboxylic acids is 1. The molecule has 18 atom stereocenters. The summed E-state index contributed by atoms with van der Waals surface area (Å²) in [7, 11) is 0. The lowest BCUT2D eigenvalue weighted by Gasteiger charge is -2.47. The Bertz CT molecular complexity index is 4440. The molecule has 13 rings (SSSR count). The van der Waals surface area contributed by atoms with E-state index < -0.39 is 225 Å². The number of nitrogens with two attached hydrogens (primary N) is 3. The number of thioether (sulfide) groups is 1. The van der Waals surface area contributed by atoms with Crippen LogP contribution < -0.4 is 63.3 Å². The first-order valence-corrected chi connectivity index (χ1v) is 35.5. The highest BCUT2D eigenvalue weighted by molar-refractivity contribution is 8.01. The van der Waals surface area contributed by atoms with Crippen molar-refractivity contribution in [3.05, 3.63) is 117 Å². The minimum Gasteiger partial charge on any atom is -0.508 e. The van der Waals surface area contributed by atoms with Gasteiger partial charge in [-0.2, -0.15) is 0 Å². The molecule has 8 heterocycles. The fourth-order valence-corrected chi connectivity index (χ4v) is 15.1. The van der Waals surface area contributed by atoms with Gasteiger partial charge < -0.3 is 123 Å². The van der Waals surface area contributed by atoms with Crippen molar-refractivity contribution in [3.8, 4) is 57.1 Å². The zero-order valence-corrected chi connectivity index (χ0v) is 59.8. The predicted octanol–water partition coefficient (Wildman–Crippen LogP) is 2.39. The van der Waals surface area contributed by atoms with Crippen molar-refractivity contribution in [1.82, 2.24) is 42.1 Å². The molecule has 2 saturated heterocycles. The van der Waals surface area contributed by atoms with Crippen molar-refractivity contribution in [2.75, 3.05) is 11.5 Å². The number of fused-ring (bicyclic) bond motifs is 15. The molecule has 38 heteroatoms. The molecule has 34 nitrogen and oxygen atoms in total. The van der Waals surface area contributed by atoms with Crippen LogP contribution in [0.25, 0.3) is 11.1 Å². The molecule has 7 amide bonds. The van der Waals surface area contributed by atoms with Gasteiger partial charge >= 0.3 is 5.97 Å². The normalized spacial score (nSPS) is 28.6. The number of nitrogen functional groups attached to an aromatic ring is 1. The van der Waals surface area contributed by atoms with Crippen LogP contribution in [0, 0.1) is 11.8 Å². The molecule has 6 aromatic rings. The summed E-state index contributed by atoms with van der Waals surface area (Å²) >= 11 is 16.2. The number of primary amides is 1. The van der Waals surface area contributed by atoms with Gasteiger partial charge in [0, 0.05) is 46.4 Å². The van der Waals surface area contributed by atoms with Crippen LogP contribution in [0.3, 0.4) is 0 Å². The van der Waals surface area contributed by atoms with Crippen LogP contribution in [0.2, 0.25) is 10.0 Å². The molecule has 7 aliphatic rings. The number of carboxylic acids is 1. The minimum absolute atomic E-state index is 0.0428. The molecule has 5 aromatic carbocycles. The van der Waals surface area contributed by atoms with Gasteiger partial charge in [-0.05, 0) is 103 Å². The van der Waals surface area contributed by atoms with Gasteiger partial charge in [-0.3, -0.25) is 33.6 Å². The fourth-order valence-electron chi connectivity index (χ4n) is 12.9. The molecule has 21 N–H and O–H groups in total. The summed E-state index contributed by atoms with van der Waals surface area (Å²) in [6, 6.07) is 0.594. The van der Waals surface area contributed by atoms with Crippen LogP contribution in [-0.4, -0.2) is 182 Å². The molecule has 1 aromatic heterocycles. The molecular weight excluding hydrogens is 1470 g/mol.